The van der Waals surface area contributed by atoms with E-state index >= 15 is 0 Å². The average molecular weight is 483 g/mol. The predicted octanol–water partition coefficient (Wildman–Crippen LogP) is 3.02. The number of rotatable bonds is 5. The lowest BCUT2D eigenvalue weighted by Gasteiger charge is -2.09. The van der Waals surface area contributed by atoms with Gasteiger partial charge in [-0.3, -0.25) is 4.79 Å². The van der Waals surface area contributed by atoms with Crippen LogP contribution < -0.4 is 5.49 Å². The summed E-state index contributed by atoms with van der Waals surface area (Å²) in [5, 5.41) is 0. The van der Waals surface area contributed by atoms with Gasteiger partial charge in [-0.25, -0.2) is 23.4 Å². The van der Waals surface area contributed by atoms with Gasteiger partial charge in [-0.2, -0.15) is 18.2 Å². The molecule has 3 aromatic heterocycles. The van der Waals surface area contributed by atoms with Crippen LogP contribution in [-0.2, 0) is 16.9 Å². The van der Waals surface area contributed by atoms with Gasteiger partial charge in [0, 0.05) is 42.3 Å². The van der Waals surface area contributed by atoms with Gasteiger partial charge in [-0.05, 0) is 36.0 Å². The summed E-state index contributed by atoms with van der Waals surface area (Å²) in [5.74, 6) is -1.01. The molecule has 0 bridgehead atoms. The number of sulfone groups is 1. The zero-order valence-corrected chi connectivity index (χ0v) is 18.4. The quantitative estimate of drug-likeness (QED) is 0.514. The van der Waals surface area contributed by atoms with Crippen LogP contribution in [-0.4, -0.2) is 45.1 Å². The Morgan fingerprint density at radius 1 is 1.19 bits per heavy atom. The van der Waals surface area contributed by atoms with Gasteiger partial charge in [0.05, 0.1) is 10.6 Å². The van der Waals surface area contributed by atoms with Gasteiger partial charge in [0.15, 0.2) is 15.7 Å². The standard InChI is InChI=1S/C19H16F3N5O3S2/c1-3-32(29,30)14-9-12(17-23-7-4-8-24-17)10-25-16(14)18(28)26-15-6-5-13(11-27(15)2)31-19(20,21)22/h4-11H,3H2,1-2H3. The van der Waals surface area contributed by atoms with Crippen LogP contribution in [0.4, 0.5) is 13.2 Å². The molecule has 0 unspecified atom stereocenters. The Bertz CT molecular complexity index is 1320. The molecule has 0 aliphatic carbocycles. The molecule has 0 saturated carbocycles. The zero-order chi connectivity index (χ0) is 23.5. The molecule has 0 atom stereocenters. The molecule has 3 aromatic rings. The monoisotopic (exact) mass is 483 g/mol. The smallest absolute Gasteiger partial charge is 0.335 e. The summed E-state index contributed by atoms with van der Waals surface area (Å²) in [7, 11) is -2.45. The molecule has 8 nitrogen and oxygen atoms in total. The van der Waals surface area contributed by atoms with E-state index in [1.54, 1.807) is 6.07 Å². The Balaban J connectivity index is 2.06. The third kappa shape index (κ3) is 5.59. The number of hydrogen-bond acceptors (Lipinski definition) is 7. The number of carbonyl (C=O) groups excluding carboxylic acids is 1. The van der Waals surface area contributed by atoms with Crippen LogP contribution >= 0.6 is 11.8 Å². The summed E-state index contributed by atoms with van der Waals surface area (Å²) >= 11 is -0.304. The van der Waals surface area contributed by atoms with Crippen molar-refractivity contribution >= 4 is 27.5 Å². The first kappa shape index (κ1) is 23.6. The fourth-order valence-electron chi connectivity index (χ4n) is 2.61. The van der Waals surface area contributed by atoms with E-state index in [-0.39, 0.29) is 38.6 Å². The van der Waals surface area contributed by atoms with Crippen LogP contribution in [0.5, 0.6) is 0 Å². The van der Waals surface area contributed by atoms with Crippen molar-refractivity contribution in [1.82, 2.24) is 19.5 Å². The topological polar surface area (TPSA) is 107 Å². The lowest BCUT2D eigenvalue weighted by Crippen LogP contribution is -2.21. The summed E-state index contributed by atoms with van der Waals surface area (Å²) < 4.78 is 64.1. The Morgan fingerprint density at radius 3 is 2.47 bits per heavy atom. The lowest BCUT2D eigenvalue weighted by molar-refractivity contribution is -0.0328. The van der Waals surface area contributed by atoms with E-state index in [4.69, 9.17) is 0 Å². The summed E-state index contributed by atoms with van der Waals surface area (Å²) in [6.45, 7) is 1.42. The van der Waals surface area contributed by atoms with Gasteiger partial charge in [0.2, 0.25) is 0 Å². The van der Waals surface area contributed by atoms with Crippen LogP contribution in [0.15, 0.2) is 63.8 Å². The SMILES string of the molecule is CCS(=O)(=O)c1cc(-c2ncccn2)cnc1C(=O)N=c1ccc(SC(F)(F)F)cn1C. The van der Waals surface area contributed by atoms with Crippen molar-refractivity contribution in [2.75, 3.05) is 5.75 Å². The summed E-state index contributed by atoms with van der Waals surface area (Å²) in [4.78, 5) is 28.3. The molecule has 13 heteroatoms. The van der Waals surface area contributed by atoms with Gasteiger partial charge in [0.1, 0.15) is 11.2 Å². The number of aryl methyl sites for hydroxylation is 1. The highest BCUT2D eigenvalue weighted by Gasteiger charge is 2.29. The van der Waals surface area contributed by atoms with Crippen molar-refractivity contribution in [2.45, 2.75) is 22.2 Å². The highest BCUT2D eigenvalue weighted by molar-refractivity contribution is 8.00. The molecule has 3 heterocycles. The first-order chi connectivity index (χ1) is 15.0. The third-order valence-corrected chi connectivity index (χ3v) is 6.57. The first-order valence-corrected chi connectivity index (χ1v) is 11.5. The van der Waals surface area contributed by atoms with E-state index in [2.05, 4.69) is 19.9 Å². The molecule has 0 aliphatic heterocycles. The summed E-state index contributed by atoms with van der Waals surface area (Å²) in [6, 6.07) is 5.24. The van der Waals surface area contributed by atoms with Crippen molar-refractivity contribution in [3.05, 3.63) is 60.2 Å². The Labute approximate surface area is 185 Å². The van der Waals surface area contributed by atoms with Crippen molar-refractivity contribution in [1.29, 1.82) is 0 Å². The van der Waals surface area contributed by atoms with Crippen LogP contribution in [0.3, 0.4) is 0 Å². The molecule has 0 aromatic carbocycles. The van der Waals surface area contributed by atoms with E-state index in [1.807, 2.05) is 0 Å². The number of nitrogens with zero attached hydrogens (tertiary/aromatic N) is 5. The molecule has 32 heavy (non-hydrogen) atoms. The van der Waals surface area contributed by atoms with Crippen LogP contribution in [0.1, 0.15) is 17.4 Å². The fraction of sp³-hybridized carbons (Fsp3) is 0.211. The fourth-order valence-corrected chi connectivity index (χ4v) is 4.28. The van der Waals surface area contributed by atoms with Gasteiger partial charge in [0.25, 0.3) is 5.91 Å². The van der Waals surface area contributed by atoms with Gasteiger partial charge < -0.3 is 4.57 Å². The average Bonchev–Trinajstić information content (AvgIpc) is 2.74. The zero-order valence-electron chi connectivity index (χ0n) is 16.7. The minimum absolute atomic E-state index is 0.0265. The molecule has 0 N–H and O–H groups in total. The Kier molecular flexibility index (Phi) is 6.79. The second-order valence-corrected chi connectivity index (χ2v) is 9.73. The number of aromatic nitrogens is 4. The highest BCUT2D eigenvalue weighted by Crippen LogP contribution is 2.36. The molecule has 0 spiro atoms. The minimum Gasteiger partial charge on any atom is -0.335 e. The van der Waals surface area contributed by atoms with Crippen molar-refractivity contribution in [2.24, 2.45) is 12.0 Å². The van der Waals surface area contributed by atoms with Gasteiger partial charge >= 0.3 is 5.51 Å². The van der Waals surface area contributed by atoms with Gasteiger partial charge in [-0.15, -0.1) is 0 Å². The van der Waals surface area contributed by atoms with E-state index in [0.717, 1.165) is 12.3 Å². The minimum atomic E-state index is -4.46. The maximum absolute atomic E-state index is 12.8. The molecule has 0 saturated heterocycles. The van der Waals surface area contributed by atoms with E-state index in [1.165, 1.54) is 49.3 Å². The molecule has 168 valence electrons. The predicted molar refractivity (Wildman–Crippen MR) is 110 cm³/mol. The largest absolute Gasteiger partial charge is 0.446 e. The maximum Gasteiger partial charge on any atom is 0.446 e. The van der Waals surface area contributed by atoms with Crippen molar-refractivity contribution in [3.63, 3.8) is 0 Å². The van der Waals surface area contributed by atoms with E-state index in [0.29, 0.717) is 5.56 Å². The molecule has 0 radical (unpaired) electrons. The maximum atomic E-state index is 12.8. The van der Waals surface area contributed by atoms with Crippen molar-refractivity contribution < 1.29 is 26.4 Å². The van der Waals surface area contributed by atoms with Crippen LogP contribution in [0.2, 0.25) is 0 Å². The molecule has 0 aliphatic rings. The first-order valence-electron chi connectivity index (χ1n) is 9.02. The number of thioether (sulfide) groups is 1. The Morgan fingerprint density at radius 2 is 1.88 bits per heavy atom. The number of carbonyl (C=O) groups is 1. The van der Waals surface area contributed by atoms with Crippen LogP contribution in [0.25, 0.3) is 11.4 Å². The van der Waals surface area contributed by atoms with Gasteiger partial charge in [-0.1, -0.05) is 6.92 Å². The number of hydrogen-bond donors (Lipinski definition) is 0. The number of amides is 1. The van der Waals surface area contributed by atoms with E-state index in [9.17, 15) is 26.4 Å². The second-order valence-electron chi connectivity index (χ2n) is 6.35. The highest BCUT2D eigenvalue weighted by atomic mass is 32.2. The van der Waals surface area contributed by atoms with Crippen molar-refractivity contribution in [3.8, 4) is 11.4 Å². The molecule has 1 amide bonds. The second kappa shape index (κ2) is 9.20. The third-order valence-electron chi connectivity index (χ3n) is 4.12. The number of alkyl halides is 3. The summed E-state index contributed by atoms with van der Waals surface area (Å²) in [6.07, 6.45) is 5.38. The lowest BCUT2D eigenvalue weighted by atomic mass is 10.2. The molecule has 0 fully saturated rings. The molecule has 3 rings (SSSR count). The van der Waals surface area contributed by atoms with E-state index < -0.39 is 26.9 Å². The summed E-state index contributed by atoms with van der Waals surface area (Å²) in [5.41, 5.74) is -4.54. The van der Waals surface area contributed by atoms with Crippen LogP contribution in [0, 0.1) is 0 Å². The molecular formula is C19H16F3N5O3S2. The normalized spacial score (nSPS) is 12.7. The number of halogens is 3. The molecular weight excluding hydrogens is 467 g/mol. The number of pyridine rings is 2. The Hall–Kier alpha value is -3.06.